The van der Waals surface area contributed by atoms with Crippen LogP contribution < -0.4 is 10.5 Å². The van der Waals surface area contributed by atoms with Gasteiger partial charge in [-0.15, -0.1) is 0 Å². The second-order valence-electron chi connectivity index (χ2n) is 7.81. The number of carbonyl (C=O) groups excluding carboxylic acids is 3. The van der Waals surface area contributed by atoms with E-state index in [1.165, 1.54) is 15.9 Å². The van der Waals surface area contributed by atoms with Crippen LogP contribution in [0.5, 0.6) is 17.2 Å². The normalized spacial score (nSPS) is 12.4. The van der Waals surface area contributed by atoms with Gasteiger partial charge in [-0.3, -0.25) is 14.4 Å². The molecule has 1 aliphatic heterocycles. The van der Waals surface area contributed by atoms with Gasteiger partial charge in [-0.1, -0.05) is 19.4 Å². The van der Waals surface area contributed by atoms with Crippen molar-refractivity contribution in [3.63, 3.8) is 0 Å². The summed E-state index contributed by atoms with van der Waals surface area (Å²) in [4.78, 5) is 39.7. The number of benzene rings is 2. The maximum Gasteiger partial charge on any atom is 0.258 e. The predicted octanol–water partition coefficient (Wildman–Crippen LogP) is 1.99. The Morgan fingerprint density at radius 2 is 1.75 bits per heavy atom. The van der Waals surface area contributed by atoms with E-state index in [0.717, 1.165) is 30.0 Å². The molecule has 32 heavy (non-hydrogen) atoms. The molecule has 0 atom stereocenters. The van der Waals surface area contributed by atoms with Crippen molar-refractivity contribution in [2.24, 2.45) is 5.73 Å². The molecule has 170 valence electrons. The molecule has 0 unspecified atom stereocenters. The van der Waals surface area contributed by atoms with Crippen LogP contribution in [-0.2, 0) is 17.9 Å². The van der Waals surface area contributed by atoms with E-state index in [1.54, 1.807) is 25.2 Å². The molecule has 9 heteroatoms. The molecule has 3 rings (SSSR count). The van der Waals surface area contributed by atoms with E-state index in [1.807, 2.05) is 6.92 Å². The Labute approximate surface area is 186 Å². The summed E-state index contributed by atoms with van der Waals surface area (Å²) in [6.07, 6.45) is 1.72. The molecule has 1 aliphatic rings. The van der Waals surface area contributed by atoms with Gasteiger partial charge in [0.25, 0.3) is 17.7 Å². The van der Waals surface area contributed by atoms with Crippen LogP contribution in [0.25, 0.3) is 0 Å². The van der Waals surface area contributed by atoms with Crippen LogP contribution in [-0.4, -0.2) is 57.9 Å². The number of phenols is 2. The number of ether oxygens (including phenoxy) is 1. The van der Waals surface area contributed by atoms with Gasteiger partial charge in [-0.2, -0.15) is 0 Å². The summed E-state index contributed by atoms with van der Waals surface area (Å²) in [6, 6.07) is 7.49. The lowest BCUT2D eigenvalue weighted by atomic mass is 10.1. The van der Waals surface area contributed by atoms with Crippen molar-refractivity contribution in [1.82, 2.24) is 9.80 Å². The number of amides is 3. The fourth-order valence-electron chi connectivity index (χ4n) is 3.55. The Hall–Kier alpha value is -3.75. The Morgan fingerprint density at radius 3 is 2.44 bits per heavy atom. The third kappa shape index (κ3) is 4.93. The minimum atomic E-state index is -0.587. The maximum absolute atomic E-state index is 13.1. The molecular weight excluding hydrogens is 414 g/mol. The van der Waals surface area contributed by atoms with Gasteiger partial charge < -0.3 is 30.5 Å². The van der Waals surface area contributed by atoms with E-state index in [0.29, 0.717) is 18.8 Å². The number of nitrogens with two attached hydrogens (primary N) is 1. The molecule has 0 saturated heterocycles. The Balaban J connectivity index is 1.80. The number of unbranched alkanes of at least 4 members (excludes halogenated alkanes) is 1. The molecule has 3 amide bonds. The lowest BCUT2D eigenvalue weighted by Gasteiger charge is -2.20. The standard InChI is InChI=1S/C23H27N3O6/c1-3-4-7-25(2)22(30)17-9-18(20(28)10-19(17)27)23(31)26-11-14-5-6-16(8-15(14)12-26)32-13-21(24)29/h5-6,8-10,27-28H,3-4,7,11-13H2,1-2H3,(H2,24,29). The molecule has 4 N–H and O–H groups in total. The van der Waals surface area contributed by atoms with E-state index in [9.17, 15) is 24.6 Å². The Kier molecular flexibility index (Phi) is 6.87. The highest BCUT2D eigenvalue weighted by molar-refractivity contribution is 6.03. The average molecular weight is 441 g/mol. The van der Waals surface area contributed by atoms with E-state index >= 15 is 0 Å². The van der Waals surface area contributed by atoms with Gasteiger partial charge in [0, 0.05) is 32.7 Å². The minimum Gasteiger partial charge on any atom is -0.507 e. The number of phenolic OH excluding ortho intramolecular Hbond substituents is 2. The van der Waals surface area contributed by atoms with Crippen LogP contribution >= 0.6 is 0 Å². The van der Waals surface area contributed by atoms with Gasteiger partial charge in [-0.05, 0) is 35.7 Å². The number of hydrogen-bond acceptors (Lipinski definition) is 6. The van der Waals surface area contributed by atoms with Crippen LogP contribution in [0, 0.1) is 0 Å². The highest BCUT2D eigenvalue weighted by Crippen LogP contribution is 2.33. The molecule has 0 saturated carbocycles. The van der Waals surface area contributed by atoms with Gasteiger partial charge in [0.05, 0.1) is 11.1 Å². The van der Waals surface area contributed by atoms with Crippen molar-refractivity contribution < 1.29 is 29.3 Å². The van der Waals surface area contributed by atoms with E-state index < -0.39 is 23.5 Å². The molecule has 2 aromatic carbocycles. The summed E-state index contributed by atoms with van der Waals surface area (Å²) in [5.41, 5.74) is 6.74. The average Bonchev–Trinajstić information content (AvgIpc) is 3.18. The highest BCUT2D eigenvalue weighted by atomic mass is 16.5. The van der Waals surface area contributed by atoms with Crippen LogP contribution in [0.1, 0.15) is 51.6 Å². The summed E-state index contributed by atoms with van der Waals surface area (Å²) in [5.74, 6) is -1.80. The Morgan fingerprint density at radius 1 is 1.06 bits per heavy atom. The number of fused-ring (bicyclic) bond motifs is 1. The third-order valence-corrected chi connectivity index (χ3v) is 5.34. The van der Waals surface area contributed by atoms with Gasteiger partial charge >= 0.3 is 0 Å². The maximum atomic E-state index is 13.1. The molecule has 9 nitrogen and oxygen atoms in total. The lowest BCUT2D eigenvalue weighted by molar-refractivity contribution is -0.119. The van der Waals surface area contributed by atoms with Crippen molar-refractivity contribution in [2.45, 2.75) is 32.9 Å². The SMILES string of the molecule is CCCCN(C)C(=O)c1cc(C(=O)N2Cc3ccc(OCC(N)=O)cc3C2)c(O)cc1O. The van der Waals surface area contributed by atoms with Crippen molar-refractivity contribution in [3.05, 3.63) is 52.6 Å². The second-order valence-corrected chi connectivity index (χ2v) is 7.81. The topological polar surface area (TPSA) is 133 Å². The summed E-state index contributed by atoms with van der Waals surface area (Å²) >= 11 is 0. The first-order valence-electron chi connectivity index (χ1n) is 10.3. The Bertz CT molecular complexity index is 1050. The molecule has 0 bridgehead atoms. The zero-order valence-electron chi connectivity index (χ0n) is 18.1. The van der Waals surface area contributed by atoms with Gasteiger partial charge in [0.2, 0.25) is 0 Å². The molecule has 0 aromatic heterocycles. The van der Waals surface area contributed by atoms with Gasteiger partial charge in [0.1, 0.15) is 17.2 Å². The number of primary amides is 1. The first-order valence-corrected chi connectivity index (χ1v) is 10.3. The number of nitrogens with zero attached hydrogens (tertiary/aromatic N) is 2. The van der Waals surface area contributed by atoms with Crippen LogP contribution in [0.2, 0.25) is 0 Å². The van der Waals surface area contributed by atoms with Gasteiger partial charge in [0.15, 0.2) is 6.61 Å². The summed E-state index contributed by atoms with van der Waals surface area (Å²) < 4.78 is 5.31. The quantitative estimate of drug-likeness (QED) is 0.574. The summed E-state index contributed by atoms with van der Waals surface area (Å²) in [6.45, 7) is 2.85. The molecule has 0 radical (unpaired) electrons. The zero-order valence-corrected chi connectivity index (χ0v) is 18.1. The fraction of sp³-hybridized carbons (Fsp3) is 0.348. The number of carbonyl (C=O) groups is 3. The fourth-order valence-corrected chi connectivity index (χ4v) is 3.55. The molecular formula is C23H27N3O6. The summed E-state index contributed by atoms with van der Waals surface area (Å²) in [5, 5.41) is 20.5. The number of rotatable bonds is 8. The van der Waals surface area contributed by atoms with E-state index in [-0.39, 0.29) is 30.0 Å². The largest absolute Gasteiger partial charge is 0.507 e. The van der Waals surface area contributed by atoms with Gasteiger partial charge in [-0.25, -0.2) is 0 Å². The minimum absolute atomic E-state index is 0.0383. The first kappa shape index (κ1) is 22.9. The molecule has 0 fully saturated rings. The molecule has 2 aromatic rings. The van der Waals surface area contributed by atoms with Crippen molar-refractivity contribution >= 4 is 17.7 Å². The predicted molar refractivity (Wildman–Crippen MR) is 116 cm³/mol. The zero-order chi connectivity index (χ0) is 23.4. The van der Waals surface area contributed by atoms with Crippen molar-refractivity contribution in [1.29, 1.82) is 0 Å². The van der Waals surface area contributed by atoms with Crippen molar-refractivity contribution in [2.75, 3.05) is 20.2 Å². The highest BCUT2D eigenvalue weighted by Gasteiger charge is 2.28. The van der Waals surface area contributed by atoms with Crippen LogP contribution in [0.4, 0.5) is 0 Å². The van der Waals surface area contributed by atoms with Crippen LogP contribution in [0.3, 0.4) is 0 Å². The smallest absolute Gasteiger partial charge is 0.258 e. The lowest BCUT2D eigenvalue weighted by Crippen LogP contribution is -2.29. The second kappa shape index (κ2) is 9.59. The molecule has 0 spiro atoms. The molecule has 1 heterocycles. The summed E-state index contributed by atoms with van der Waals surface area (Å²) in [7, 11) is 1.63. The third-order valence-electron chi connectivity index (χ3n) is 5.34. The first-order chi connectivity index (χ1) is 15.2. The number of hydrogen-bond donors (Lipinski definition) is 3. The van der Waals surface area contributed by atoms with E-state index in [2.05, 4.69) is 0 Å². The number of aromatic hydroxyl groups is 2. The van der Waals surface area contributed by atoms with Crippen molar-refractivity contribution in [3.8, 4) is 17.2 Å². The van der Waals surface area contributed by atoms with E-state index in [4.69, 9.17) is 10.5 Å². The monoisotopic (exact) mass is 441 g/mol. The molecule has 0 aliphatic carbocycles. The van der Waals surface area contributed by atoms with Crippen LogP contribution in [0.15, 0.2) is 30.3 Å².